The van der Waals surface area contributed by atoms with Crippen molar-refractivity contribution in [2.24, 2.45) is 0 Å². The second kappa shape index (κ2) is 8.58. The Kier molecular flexibility index (Phi) is 7.42. The van der Waals surface area contributed by atoms with Crippen molar-refractivity contribution in [3.05, 3.63) is 34.1 Å². The first kappa shape index (κ1) is 15.6. The van der Waals surface area contributed by atoms with Crippen LogP contribution < -0.4 is 5.32 Å². The first-order chi connectivity index (χ1) is 8.61. The van der Waals surface area contributed by atoms with E-state index < -0.39 is 0 Å². The molecule has 1 aromatic rings. The summed E-state index contributed by atoms with van der Waals surface area (Å²) in [6.45, 7) is 4.13. The SMILES string of the molecule is COCCNCCN(C)Cc1cc(F)cc(Br)c1. The molecule has 0 atom stereocenters. The van der Waals surface area contributed by atoms with Crippen LogP contribution in [0.2, 0.25) is 0 Å². The number of hydrogen-bond acceptors (Lipinski definition) is 3. The fraction of sp³-hybridized carbons (Fsp3) is 0.538. The predicted molar refractivity (Wildman–Crippen MR) is 75.2 cm³/mol. The van der Waals surface area contributed by atoms with Crippen LogP contribution in [0.1, 0.15) is 5.56 Å². The van der Waals surface area contributed by atoms with E-state index >= 15 is 0 Å². The maximum Gasteiger partial charge on any atom is 0.124 e. The van der Waals surface area contributed by atoms with E-state index in [9.17, 15) is 4.39 Å². The molecule has 0 saturated heterocycles. The normalized spacial score (nSPS) is 11.2. The molecule has 18 heavy (non-hydrogen) atoms. The lowest BCUT2D eigenvalue weighted by Gasteiger charge is -2.17. The summed E-state index contributed by atoms with van der Waals surface area (Å²) in [7, 11) is 3.71. The van der Waals surface area contributed by atoms with Gasteiger partial charge in [0.15, 0.2) is 0 Å². The first-order valence-electron chi connectivity index (χ1n) is 5.95. The summed E-state index contributed by atoms with van der Waals surface area (Å²) < 4.78 is 18.9. The summed E-state index contributed by atoms with van der Waals surface area (Å²) in [6, 6.07) is 4.98. The monoisotopic (exact) mass is 318 g/mol. The minimum Gasteiger partial charge on any atom is -0.383 e. The van der Waals surface area contributed by atoms with Gasteiger partial charge in [0.25, 0.3) is 0 Å². The van der Waals surface area contributed by atoms with Crippen LogP contribution >= 0.6 is 15.9 Å². The molecule has 1 rings (SSSR count). The van der Waals surface area contributed by atoms with Crippen LogP contribution in [-0.4, -0.2) is 45.3 Å². The van der Waals surface area contributed by atoms with E-state index in [4.69, 9.17) is 4.74 Å². The zero-order valence-electron chi connectivity index (χ0n) is 10.9. The summed E-state index contributed by atoms with van der Waals surface area (Å²) in [5.74, 6) is -0.203. The van der Waals surface area contributed by atoms with E-state index in [1.54, 1.807) is 13.2 Å². The van der Waals surface area contributed by atoms with Crippen LogP contribution in [-0.2, 0) is 11.3 Å². The summed E-state index contributed by atoms with van der Waals surface area (Å²) >= 11 is 3.30. The van der Waals surface area contributed by atoms with E-state index in [1.165, 1.54) is 6.07 Å². The zero-order chi connectivity index (χ0) is 13.4. The molecule has 5 heteroatoms. The van der Waals surface area contributed by atoms with Gasteiger partial charge in [-0.1, -0.05) is 15.9 Å². The number of methoxy groups -OCH3 is 1. The predicted octanol–water partition coefficient (Wildman–Crippen LogP) is 2.26. The number of halogens is 2. The number of ether oxygens (including phenoxy) is 1. The molecule has 0 aliphatic rings. The van der Waals surface area contributed by atoms with Crippen molar-refractivity contribution in [2.45, 2.75) is 6.54 Å². The van der Waals surface area contributed by atoms with Gasteiger partial charge in [0.2, 0.25) is 0 Å². The maximum atomic E-state index is 13.2. The molecule has 1 aromatic carbocycles. The Labute approximate surface area is 116 Å². The van der Waals surface area contributed by atoms with Crippen molar-refractivity contribution < 1.29 is 9.13 Å². The highest BCUT2D eigenvalue weighted by molar-refractivity contribution is 9.10. The Morgan fingerprint density at radius 1 is 1.33 bits per heavy atom. The standard InChI is InChI=1S/C13H20BrFN2O/c1-17(5-3-16-4-6-18-2)10-11-7-12(14)9-13(15)8-11/h7-9,16H,3-6,10H2,1-2H3. The maximum absolute atomic E-state index is 13.2. The van der Waals surface area contributed by atoms with Crippen LogP contribution in [0.25, 0.3) is 0 Å². The molecule has 0 unspecified atom stereocenters. The molecule has 0 aromatic heterocycles. The quantitative estimate of drug-likeness (QED) is 0.744. The van der Waals surface area contributed by atoms with Crippen molar-refractivity contribution in [2.75, 3.05) is 40.4 Å². The van der Waals surface area contributed by atoms with Gasteiger partial charge in [-0.15, -0.1) is 0 Å². The highest BCUT2D eigenvalue weighted by Crippen LogP contribution is 2.15. The fourth-order valence-electron chi connectivity index (χ4n) is 1.66. The van der Waals surface area contributed by atoms with Gasteiger partial charge in [-0.05, 0) is 30.8 Å². The van der Waals surface area contributed by atoms with Crippen LogP contribution in [0.3, 0.4) is 0 Å². The summed E-state index contributed by atoms with van der Waals surface area (Å²) in [4.78, 5) is 2.15. The van der Waals surface area contributed by atoms with Gasteiger partial charge in [0, 0.05) is 37.8 Å². The van der Waals surface area contributed by atoms with Crippen molar-refractivity contribution in [3.8, 4) is 0 Å². The molecule has 102 valence electrons. The lowest BCUT2D eigenvalue weighted by atomic mass is 10.2. The molecular formula is C13H20BrFN2O. The van der Waals surface area contributed by atoms with Crippen molar-refractivity contribution in [3.63, 3.8) is 0 Å². The molecule has 1 N–H and O–H groups in total. The van der Waals surface area contributed by atoms with Gasteiger partial charge in [-0.2, -0.15) is 0 Å². The smallest absolute Gasteiger partial charge is 0.124 e. The second-order valence-electron chi connectivity index (χ2n) is 4.26. The van der Waals surface area contributed by atoms with Crippen molar-refractivity contribution >= 4 is 15.9 Å². The summed E-state index contributed by atoms with van der Waals surface area (Å²) in [5, 5.41) is 3.28. The molecule has 0 heterocycles. The lowest BCUT2D eigenvalue weighted by Crippen LogP contribution is -2.30. The Morgan fingerprint density at radius 2 is 2.11 bits per heavy atom. The topological polar surface area (TPSA) is 24.5 Å². The van der Waals surface area contributed by atoms with Crippen molar-refractivity contribution in [1.82, 2.24) is 10.2 Å². The van der Waals surface area contributed by atoms with Gasteiger partial charge >= 0.3 is 0 Å². The Bertz CT molecular complexity index is 343. The summed E-state index contributed by atoms with van der Waals surface area (Å²) in [6.07, 6.45) is 0. The average Bonchev–Trinajstić information content (AvgIpc) is 2.27. The molecule has 3 nitrogen and oxygen atoms in total. The van der Waals surface area contributed by atoms with E-state index in [0.29, 0.717) is 0 Å². The van der Waals surface area contributed by atoms with Gasteiger partial charge in [0.1, 0.15) is 5.82 Å². The molecule has 0 saturated carbocycles. The van der Waals surface area contributed by atoms with Crippen LogP contribution in [0.15, 0.2) is 22.7 Å². The zero-order valence-corrected chi connectivity index (χ0v) is 12.5. The molecule has 0 aliphatic heterocycles. The lowest BCUT2D eigenvalue weighted by molar-refractivity contribution is 0.197. The van der Waals surface area contributed by atoms with Crippen LogP contribution in [0.5, 0.6) is 0 Å². The third kappa shape index (κ3) is 6.44. The fourth-order valence-corrected chi connectivity index (χ4v) is 2.17. The van der Waals surface area contributed by atoms with Gasteiger partial charge in [0.05, 0.1) is 6.61 Å². The first-order valence-corrected chi connectivity index (χ1v) is 6.74. The molecule has 0 amide bonds. The average molecular weight is 319 g/mol. The highest BCUT2D eigenvalue weighted by Gasteiger charge is 2.03. The number of rotatable bonds is 8. The Balaban J connectivity index is 2.28. The highest BCUT2D eigenvalue weighted by atomic mass is 79.9. The van der Waals surface area contributed by atoms with Gasteiger partial charge in [-0.3, -0.25) is 0 Å². The van der Waals surface area contributed by atoms with E-state index in [1.807, 2.05) is 13.1 Å². The number of nitrogens with one attached hydrogen (secondary N) is 1. The molecule has 0 fully saturated rings. The molecule has 0 radical (unpaired) electrons. The summed E-state index contributed by atoms with van der Waals surface area (Å²) in [5.41, 5.74) is 0.973. The number of nitrogens with zero attached hydrogens (tertiary/aromatic N) is 1. The Morgan fingerprint density at radius 3 is 2.78 bits per heavy atom. The largest absolute Gasteiger partial charge is 0.383 e. The second-order valence-corrected chi connectivity index (χ2v) is 5.17. The molecular weight excluding hydrogens is 299 g/mol. The number of hydrogen-bond donors (Lipinski definition) is 1. The number of benzene rings is 1. The number of likely N-dealkylation sites (N-methyl/N-ethyl adjacent to an activating group) is 1. The molecule has 0 bridgehead atoms. The third-order valence-corrected chi connectivity index (χ3v) is 2.99. The van der Waals surface area contributed by atoms with Gasteiger partial charge in [-0.25, -0.2) is 4.39 Å². The van der Waals surface area contributed by atoms with E-state index in [-0.39, 0.29) is 5.82 Å². The van der Waals surface area contributed by atoms with Crippen molar-refractivity contribution in [1.29, 1.82) is 0 Å². The van der Waals surface area contributed by atoms with Gasteiger partial charge < -0.3 is 15.0 Å². The Hall–Kier alpha value is -0.490. The minimum atomic E-state index is -0.203. The molecule has 0 aliphatic carbocycles. The van der Waals surface area contributed by atoms with Crippen LogP contribution in [0, 0.1) is 5.82 Å². The third-order valence-electron chi connectivity index (χ3n) is 2.53. The minimum absolute atomic E-state index is 0.203. The van der Waals surface area contributed by atoms with E-state index in [0.717, 1.165) is 42.8 Å². The van der Waals surface area contributed by atoms with E-state index in [2.05, 4.69) is 26.1 Å². The molecule has 0 spiro atoms. The van der Waals surface area contributed by atoms with Crippen LogP contribution in [0.4, 0.5) is 4.39 Å².